The Kier molecular flexibility index (Phi) is 4.92. The zero-order chi connectivity index (χ0) is 13.7. The molecule has 0 fully saturated rings. The zero-order valence-electron chi connectivity index (χ0n) is 10.3. The van der Waals surface area contributed by atoms with E-state index in [9.17, 15) is 13.6 Å². The molecule has 18 heavy (non-hydrogen) atoms. The van der Waals surface area contributed by atoms with Crippen molar-refractivity contribution in [3.05, 3.63) is 54.1 Å². The van der Waals surface area contributed by atoms with Crippen LogP contribution in [0.2, 0.25) is 0 Å². The van der Waals surface area contributed by atoms with Crippen LogP contribution >= 0.6 is 0 Å². The third kappa shape index (κ3) is 3.34. The largest absolute Gasteiger partial charge is 0.307 e. The van der Waals surface area contributed by atoms with Crippen molar-refractivity contribution in [1.29, 1.82) is 0 Å². The third-order valence-corrected chi connectivity index (χ3v) is 2.56. The van der Waals surface area contributed by atoms with Gasteiger partial charge in [-0.15, -0.1) is 0 Å². The lowest BCUT2D eigenvalue weighted by atomic mass is 10.0. The van der Waals surface area contributed by atoms with Crippen LogP contribution in [-0.2, 0) is 4.79 Å². The minimum atomic E-state index is -0.681. The van der Waals surface area contributed by atoms with Crippen molar-refractivity contribution in [3.63, 3.8) is 0 Å². The third-order valence-electron chi connectivity index (χ3n) is 2.56. The Morgan fingerprint density at radius 2 is 2.11 bits per heavy atom. The summed E-state index contributed by atoms with van der Waals surface area (Å²) in [5.74, 6) is -1.42. The molecule has 0 radical (unpaired) electrons. The van der Waals surface area contributed by atoms with E-state index < -0.39 is 17.7 Å². The van der Waals surface area contributed by atoms with E-state index in [4.69, 9.17) is 0 Å². The van der Waals surface area contributed by atoms with E-state index in [2.05, 4.69) is 11.9 Å². The van der Waals surface area contributed by atoms with Gasteiger partial charge in [0.15, 0.2) is 5.78 Å². The van der Waals surface area contributed by atoms with E-state index >= 15 is 0 Å². The Hall–Kier alpha value is -1.81. The molecule has 4 heteroatoms. The van der Waals surface area contributed by atoms with Crippen LogP contribution in [0.5, 0.6) is 0 Å². The van der Waals surface area contributed by atoms with E-state index in [1.165, 1.54) is 19.1 Å². The van der Waals surface area contributed by atoms with Crippen LogP contribution in [0.15, 0.2) is 36.9 Å². The smallest absolute Gasteiger partial charge is 0.150 e. The Morgan fingerprint density at radius 3 is 2.56 bits per heavy atom. The Balaban J connectivity index is 3.20. The van der Waals surface area contributed by atoms with E-state index in [1.807, 2.05) is 0 Å². The number of Topliss-reactive ketones (excluding diaryl/α,β-unsaturated/α-hetero) is 1. The van der Waals surface area contributed by atoms with Crippen molar-refractivity contribution >= 4 is 11.4 Å². The molecule has 1 aromatic rings. The summed E-state index contributed by atoms with van der Waals surface area (Å²) in [6.07, 6.45) is 3.00. The van der Waals surface area contributed by atoms with Crippen molar-refractivity contribution in [1.82, 2.24) is 5.32 Å². The van der Waals surface area contributed by atoms with Gasteiger partial charge in [0.05, 0.1) is 6.04 Å². The van der Waals surface area contributed by atoms with Crippen LogP contribution in [0.4, 0.5) is 8.78 Å². The van der Waals surface area contributed by atoms with E-state index in [0.717, 1.165) is 12.1 Å². The summed E-state index contributed by atoms with van der Waals surface area (Å²) in [4.78, 5) is 11.3. The second kappa shape index (κ2) is 6.21. The molecule has 0 spiro atoms. The first-order valence-electron chi connectivity index (χ1n) is 5.47. The van der Waals surface area contributed by atoms with Gasteiger partial charge >= 0.3 is 0 Å². The minimum Gasteiger partial charge on any atom is -0.307 e. The molecular weight excluding hydrogens is 236 g/mol. The summed E-state index contributed by atoms with van der Waals surface area (Å²) in [6.45, 7) is 5.01. The van der Waals surface area contributed by atoms with Crippen LogP contribution in [0.3, 0.4) is 0 Å². The van der Waals surface area contributed by atoms with Crippen molar-refractivity contribution in [2.45, 2.75) is 13.0 Å². The lowest BCUT2D eigenvalue weighted by molar-refractivity contribution is -0.117. The van der Waals surface area contributed by atoms with Crippen molar-refractivity contribution in [2.75, 3.05) is 7.05 Å². The summed E-state index contributed by atoms with van der Waals surface area (Å²) < 4.78 is 26.4. The van der Waals surface area contributed by atoms with Crippen molar-refractivity contribution < 1.29 is 13.6 Å². The van der Waals surface area contributed by atoms with Gasteiger partial charge in [0.1, 0.15) is 11.6 Å². The predicted molar refractivity (Wildman–Crippen MR) is 68.1 cm³/mol. The van der Waals surface area contributed by atoms with E-state index in [0.29, 0.717) is 5.57 Å². The number of ketones is 1. The molecule has 0 aliphatic rings. The number of carbonyl (C=O) groups is 1. The Morgan fingerprint density at radius 1 is 1.44 bits per heavy atom. The lowest BCUT2D eigenvalue weighted by Crippen LogP contribution is -2.30. The van der Waals surface area contributed by atoms with Gasteiger partial charge in [-0.1, -0.05) is 18.7 Å². The van der Waals surface area contributed by atoms with Gasteiger partial charge in [-0.3, -0.25) is 4.79 Å². The molecule has 96 valence electrons. The number of allylic oxidation sites excluding steroid dienone is 2. The number of halogens is 2. The molecule has 0 aliphatic heterocycles. The number of hydrogen-bond acceptors (Lipinski definition) is 2. The molecule has 0 bridgehead atoms. The minimum absolute atomic E-state index is 0.0978. The van der Waals surface area contributed by atoms with E-state index in [-0.39, 0.29) is 11.3 Å². The van der Waals surface area contributed by atoms with Crippen LogP contribution in [0.1, 0.15) is 12.5 Å². The molecule has 0 saturated carbocycles. The molecule has 0 saturated heterocycles. The van der Waals surface area contributed by atoms with E-state index in [1.54, 1.807) is 13.1 Å². The fourth-order valence-electron chi connectivity index (χ4n) is 1.57. The monoisotopic (exact) mass is 251 g/mol. The van der Waals surface area contributed by atoms with Gasteiger partial charge in [-0.05, 0) is 31.7 Å². The average Bonchev–Trinajstić information content (AvgIpc) is 2.31. The molecule has 1 unspecified atom stereocenters. The zero-order valence-corrected chi connectivity index (χ0v) is 10.3. The quantitative estimate of drug-likeness (QED) is 0.815. The van der Waals surface area contributed by atoms with Crippen molar-refractivity contribution in [3.8, 4) is 0 Å². The molecule has 2 nitrogen and oxygen atoms in total. The summed E-state index contributed by atoms with van der Waals surface area (Å²) in [6, 6.07) is 2.76. The molecule has 1 aromatic carbocycles. The topological polar surface area (TPSA) is 29.1 Å². The lowest BCUT2D eigenvalue weighted by Gasteiger charge is -2.11. The molecule has 0 amide bonds. The number of carbonyl (C=O) groups excluding carboxylic acids is 1. The molecule has 0 aromatic heterocycles. The van der Waals surface area contributed by atoms with Crippen LogP contribution in [0.25, 0.3) is 5.57 Å². The summed E-state index contributed by atoms with van der Waals surface area (Å²) >= 11 is 0. The highest BCUT2D eigenvalue weighted by Crippen LogP contribution is 2.20. The normalized spacial score (nSPS) is 13.2. The second-order valence-corrected chi connectivity index (χ2v) is 3.83. The summed E-state index contributed by atoms with van der Waals surface area (Å²) in [7, 11) is 1.63. The van der Waals surface area contributed by atoms with Crippen LogP contribution in [0, 0.1) is 11.6 Å². The molecule has 0 heterocycles. The number of nitrogens with one attached hydrogen (secondary N) is 1. The fraction of sp³-hybridized carbons (Fsp3) is 0.214. The highest BCUT2D eigenvalue weighted by molar-refractivity contribution is 5.87. The standard InChI is InChI=1S/C14H15F2NO/c1-4-10(7-14(17-3)9(2)18)12-6-5-11(15)8-13(12)16/h4-8,14,17H,1H2,2-3H3/b10-7+. The summed E-state index contributed by atoms with van der Waals surface area (Å²) in [5, 5.41) is 2.80. The predicted octanol–water partition coefficient (Wildman–Crippen LogP) is 2.71. The van der Waals surface area contributed by atoms with Gasteiger partial charge in [0.25, 0.3) is 0 Å². The van der Waals surface area contributed by atoms with Gasteiger partial charge < -0.3 is 5.32 Å². The summed E-state index contributed by atoms with van der Waals surface area (Å²) in [5.41, 5.74) is 0.662. The second-order valence-electron chi connectivity index (χ2n) is 3.83. The Bertz CT molecular complexity index is 495. The van der Waals surface area contributed by atoms with Gasteiger partial charge in [-0.25, -0.2) is 8.78 Å². The SMILES string of the molecule is C=C/C(=C\C(NC)C(C)=O)c1ccc(F)cc1F. The first-order chi connectivity index (χ1) is 8.49. The molecule has 0 aliphatic carbocycles. The number of benzene rings is 1. The number of rotatable bonds is 5. The molecule has 1 N–H and O–H groups in total. The van der Waals surface area contributed by atoms with Gasteiger partial charge in [0, 0.05) is 11.6 Å². The van der Waals surface area contributed by atoms with Gasteiger partial charge in [0.2, 0.25) is 0 Å². The number of likely N-dealkylation sites (N-methyl/N-ethyl adjacent to an activating group) is 1. The van der Waals surface area contributed by atoms with Crippen LogP contribution in [-0.4, -0.2) is 18.9 Å². The fourth-order valence-corrected chi connectivity index (χ4v) is 1.57. The van der Waals surface area contributed by atoms with Crippen LogP contribution < -0.4 is 5.32 Å². The average molecular weight is 251 g/mol. The van der Waals surface area contributed by atoms with Crippen molar-refractivity contribution in [2.24, 2.45) is 0 Å². The first-order valence-corrected chi connectivity index (χ1v) is 5.47. The highest BCUT2D eigenvalue weighted by Gasteiger charge is 2.12. The Labute approximate surface area is 105 Å². The molecule has 1 rings (SSSR count). The molecular formula is C14H15F2NO. The van der Waals surface area contributed by atoms with Gasteiger partial charge in [-0.2, -0.15) is 0 Å². The highest BCUT2D eigenvalue weighted by atomic mass is 19.1. The maximum Gasteiger partial charge on any atom is 0.150 e. The molecule has 1 atom stereocenters. The first kappa shape index (κ1) is 14.3. The maximum absolute atomic E-state index is 13.6. The number of hydrogen-bond donors (Lipinski definition) is 1. The maximum atomic E-state index is 13.6.